The van der Waals surface area contributed by atoms with Gasteiger partial charge in [0.25, 0.3) is 0 Å². The van der Waals surface area contributed by atoms with Crippen LogP contribution in [0.5, 0.6) is 0 Å². The highest BCUT2D eigenvalue weighted by Gasteiger charge is 2.60. The second kappa shape index (κ2) is 6.86. The molecule has 0 aromatic heterocycles. The Labute approximate surface area is 156 Å². The summed E-state index contributed by atoms with van der Waals surface area (Å²) in [5, 5.41) is 22.8. The van der Waals surface area contributed by atoms with E-state index in [1.165, 1.54) is 16.7 Å². The second-order valence-corrected chi connectivity index (χ2v) is 8.78. The van der Waals surface area contributed by atoms with Crippen LogP contribution in [0.15, 0.2) is 10.6 Å². The first-order valence-electron chi connectivity index (χ1n) is 8.75. The molecule has 3 aliphatic heterocycles. The smallest absolute Gasteiger partial charge is 0.353 e. The molecule has 2 saturated heterocycles. The van der Waals surface area contributed by atoms with Crippen molar-refractivity contribution in [2.24, 2.45) is 11.8 Å². The number of aliphatic hydroxyl groups excluding tert-OH is 1. The highest BCUT2D eigenvalue weighted by atomic mass is 32.2. The molecule has 0 aromatic carbocycles. The number of β-lactam (4-membered cyclic amide) rings is 1. The summed E-state index contributed by atoms with van der Waals surface area (Å²) in [5.74, 6) is -2.14. The summed E-state index contributed by atoms with van der Waals surface area (Å²) in [6.45, 7) is 4.08. The van der Waals surface area contributed by atoms with Gasteiger partial charge >= 0.3 is 5.97 Å². The van der Waals surface area contributed by atoms with Crippen molar-refractivity contribution in [3.63, 3.8) is 0 Å². The topological polar surface area (TPSA) is 110 Å². The Hall–Kier alpha value is -1.58. The SMILES string of the molecule is CC(O)C1C(=O)N2C(C(=O)O)=C(S[C@@H]3CN[C@H](C(=O)N(C)C)C3)C(C)[C@H]12. The van der Waals surface area contributed by atoms with Crippen LogP contribution in [0.1, 0.15) is 20.3 Å². The molecule has 3 rings (SSSR count). The van der Waals surface area contributed by atoms with Gasteiger partial charge in [0.05, 0.1) is 24.1 Å². The molecule has 9 heteroatoms. The third-order valence-corrected chi connectivity index (χ3v) is 6.95. The van der Waals surface area contributed by atoms with Gasteiger partial charge in [0, 0.05) is 36.7 Å². The van der Waals surface area contributed by atoms with Crippen LogP contribution in [-0.2, 0) is 14.4 Å². The van der Waals surface area contributed by atoms with Crippen molar-refractivity contribution >= 4 is 29.5 Å². The fourth-order valence-electron chi connectivity index (χ4n) is 4.15. The predicted molar refractivity (Wildman–Crippen MR) is 96.1 cm³/mol. The number of aliphatic hydroxyl groups is 1. The molecule has 3 heterocycles. The first-order chi connectivity index (χ1) is 12.1. The number of carbonyl (C=O) groups excluding carboxylic acids is 2. The molecular weight excluding hydrogens is 358 g/mol. The summed E-state index contributed by atoms with van der Waals surface area (Å²) in [6, 6.07) is -0.568. The van der Waals surface area contributed by atoms with Gasteiger partial charge in [0.2, 0.25) is 11.8 Å². The monoisotopic (exact) mass is 383 g/mol. The molecule has 0 bridgehead atoms. The van der Waals surface area contributed by atoms with Crippen LogP contribution in [0, 0.1) is 11.8 Å². The zero-order valence-electron chi connectivity index (χ0n) is 15.3. The van der Waals surface area contributed by atoms with Gasteiger partial charge in [-0.15, -0.1) is 11.8 Å². The minimum Gasteiger partial charge on any atom is -0.477 e. The normalized spacial score (nSPS) is 34.6. The lowest BCUT2D eigenvalue weighted by Gasteiger charge is -2.46. The van der Waals surface area contributed by atoms with Gasteiger partial charge in [0.15, 0.2) is 0 Å². The van der Waals surface area contributed by atoms with E-state index in [-0.39, 0.29) is 40.8 Å². The molecule has 0 radical (unpaired) electrons. The highest BCUT2D eigenvalue weighted by molar-refractivity contribution is 8.03. The van der Waals surface area contributed by atoms with Gasteiger partial charge in [-0.25, -0.2) is 4.79 Å². The number of rotatable bonds is 5. The van der Waals surface area contributed by atoms with E-state index < -0.39 is 18.0 Å². The maximum Gasteiger partial charge on any atom is 0.353 e. The number of nitrogens with one attached hydrogen (secondary N) is 1. The van der Waals surface area contributed by atoms with Crippen LogP contribution in [0.2, 0.25) is 0 Å². The first kappa shape index (κ1) is 19.2. The molecule has 3 N–H and O–H groups in total. The van der Waals surface area contributed by atoms with E-state index in [9.17, 15) is 24.6 Å². The summed E-state index contributed by atoms with van der Waals surface area (Å²) in [4.78, 5) is 39.8. The number of carboxylic acids is 1. The molecule has 3 unspecified atom stereocenters. The number of carbonyl (C=O) groups is 3. The third-order valence-electron chi connectivity index (χ3n) is 5.43. The van der Waals surface area contributed by atoms with Gasteiger partial charge in [0.1, 0.15) is 5.70 Å². The van der Waals surface area contributed by atoms with Crippen molar-refractivity contribution < 1.29 is 24.6 Å². The Morgan fingerprint density at radius 3 is 2.58 bits per heavy atom. The number of aliphatic carboxylic acids is 1. The summed E-state index contributed by atoms with van der Waals surface area (Å²) in [6.07, 6.45) is -0.190. The molecule has 0 spiro atoms. The highest BCUT2D eigenvalue weighted by Crippen LogP contribution is 2.51. The lowest BCUT2D eigenvalue weighted by atomic mass is 9.79. The molecule has 144 valence electrons. The second-order valence-electron chi connectivity index (χ2n) is 7.44. The average Bonchev–Trinajstić information content (AvgIpc) is 3.09. The first-order valence-corrected chi connectivity index (χ1v) is 9.62. The molecule has 8 nitrogen and oxygen atoms in total. The van der Waals surface area contributed by atoms with Crippen molar-refractivity contribution in [3.8, 4) is 0 Å². The van der Waals surface area contributed by atoms with E-state index in [0.717, 1.165) is 0 Å². The number of thioether (sulfide) groups is 1. The lowest BCUT2D eigenvalue weighted by Crippen LogP contribution is -2.63. The van der Waals surface area contributed by atoms with Gasteiger partial charge in [-0.1, -0.05) is 6.92 Å². The standard InChI is InChI=1S/C17H25N3O5S/c1-7-12-11(8(2)21)16(23)20(12)13(17(24)25)14(7)26-9-5-10(18-6-9)15(22)19(3)4/h7-12,18,21H,5-6H2,1-4H3,(H,24,25)/t7?,8?,9-,10-,11?,12+/m0/s1. The lowest BCUT2D eigenvalue weighted by molar-refractivity contribution is -0.163. The van der Waals surface area contributed by atoms with Gasteiger partial charge < -0.3 is 25.3 Å². The number of hydrogen-bond acceptors (Lipinski definition) is 6. The molecule has 2 fully saturated rings. The van der Waals surface area contributed by atoms with E-state index in [0.29, 0.717) is 17.9 Å². The van der Waals surface area contributed by atoms with E-state index in [1.807, 2.05) is 6.92 Å². The summed E-state index contributed by atoms with van der Waals surface area (Å²) < 4.78 is 0. The van der Waals surface area contributed by atoms with E-state index in [2.05, 4.69) is 5.32 Å². The molecule has 0 saturated carbocycles. The van der Waals surface area contributed by atoms with Gasteiger partial charge in [-0.3, -0.25) is 9.59 Å². The number of carboxylic acid groups (broad SMARTS) is 1. The maximum atomic E-state index is 12.3. The quantitative estimate of drug-likeness (QED) is 0.559. The van der Waals surface area contributed by atoms with E-state index >= 15 is 0 Å². The molecule has 0 aliphatic carbocycles. The number of fused-ring (bicyclic) bond motifs is 1. The summed E-state index contributed by atoms with van der Waals surface area (Å²) in [7, 11) is 3.42. The molecule has 26 heavy (non-hydrogen) atoms. The van der Waals surface area contributed by atoms with Crippen molar-refractivity contribution in [2.75, 3.05) is 20.6 Å². The Morgan fingerprint density at radius 2 is 2.04 bits per heavy atom. The molecular formula is C17H25N3O5S. The molecule has 3 aliphatic rings. The average molecular weight is 383 g/mol. The van der Waals surface area contributed by atoms with Crippen LogP contribution >= 0.6 is 11.8 Å². The van der Waals surface area contributed by atoms with Crippen LogP contribution in [-0.4, -0.2) is 81.9 Å². The van der Waals surface area contributed by atoms with E-state index in [4.69, 9.17) is 0 Å². The third kappa shape index (κ3) is 2.91. The van der Waals surface area contributed by atoms with Crippen molar-refractivity contribution in [2.45, 2.75) is 43.7 Å². The van der Waals surface area contributed by atoms with Gasteiger partial charge in [-0.05, 0) is 13.3 Å². The number of nitrogens with zero attached hydrogens (tertiary/aromatic N) is 2. The van der Waals surface area contributed by atoms with Crippen LogP contribution in [0.25, 0.3) is 0 Å². The fraction of sp³-hybridized carbons (Fsp3) is 0.706. The van der Waals surface area contributed by atoms with Gasteiger partial charge in [-0.2, -0.15) is 0 Å². The molecule has 2 amide bonds. The molecule has 0 aromatic rings. The number of amides is 2. The zero-order valence-corrected chi connectivity index (χ0v) is 16.1. The number of hydrogen-bond donors (Lipinski definition) is 3. The fourth-order valence-corrected chi connectivity index (χ4v) is 5.63. The minimum absolute atomic E-state index is 0.00757. The van der Waals surface area contributed by atoms with Crippen LogP contribution < -0.4 is 5.32 Å². The Bertz CT molecular complexity index is 677. The van der Waals surface area contributed by atoms with Crippen LogP contribution in [0.4, 0.5) is 0 Å². The van der Waals surface area contributed by atoms with Crippen molar-refractivity contribution in [1.29, 1.82) is 0 Å². The molecule has 6 atom stereocenters. The minimum atomic E-state index is -1.12. The van der Waals surface area contributed by atoms with Crippen LogP contribution in [0.3, 0.4) is 0 Å². The largest absolute Gasteiger partial charge is 0.477 e. The predicted octanol–water partition coefficient (Wildman–Crippen LogP) is -0.308. The Morgan fingerprint density at radius 1 is 1.38 bits per heavy atom. The number of likely N-dealkylation sites (N-methyl/N-ethyl adjacent to an activating group) is 1. The summed E-state index contributed by atoms with van der Waals surface area (Å²) in [5.41, 5.74) is 0.0387. The zero-order chi connectivity index (χ0) is 19.3. The Kier molecular flexibility index (Phi) is 5.06. The van der Waals surface area contributed by atoms with Crippen molar-refractivity contribution in [3.05, 3.63) is 10.6 Å². The Balaban J connectivity index is 1.78. The van der Waals surface area contributed by atoms with Crippen molar-refractivity contribution in [1.82, 2.24) is 15.1 Å². The van der Waals surface area contributed by atoms with E-state index in [1.54, 1.807) is 25.9 Å². The summed E-state index contributed by atoms with van der Waals surface area (Å²) >= 11 is 1.45. The maximum absolute atomic E-state index is 12.3.